The quantitative estimate of drug-likeness (QED) is 0.519. The maximum absolute atomic E-state index is 13.4. The molecular weight excluding hydrogens is 443 g/mol. The molecule has 1 fully saturated rings. The molecule has 1 aliphatic heterocycles. The maximum Gasteiger partial charge on any atom is 0.241 e. The Labute approximate surface area is 198 Å². The fourth-order valence-corrected chi connectivity index (χ4v) is 4.16. The van der Waals surface area contributed by atoms with Crippen molar-refractivity contribution in [1.29, 1.82) is 0 Å². The summed E-state index contributed by atoms with van der Waals surface area (Å²) in [5.41, 5.74) is 2.73. The first-order chi connectivity index (χ1) is 15.7. The summed E-state index contributed by atoms with van der Waals surface area (Å²) < 4.78 is 18.8. The van der Waals surface area contributed by atoms with Crippen LogP contribution in [0.1, 0.15) is 45.1 Å². The number of hydrogen-bond acceptors (Lipinski definition) is 5. The minimum Gasteiger partial charge on any atom is -0.338 e. The molecule has 0 bridgehead atoms. The summed E-state index contributed by atoms with van der Waals surface area (Å²) in [4.78, 5) is 19.4. The van der Waals surface area contributed by atoms with Crippen molar-refractivity contribution < 1.29 is 13.7 Å². The van der Waals surface area contributed by atoms with E-state index in [4.69, 9.17) is 16.1 Å². The molecule has 0 spiro atoms. The molecule has 2 heterocycles. The summed E-state index contributed by atoms with van der Waals surface area (Å²) >= 11 is 5.81. The minimum absolute atomic E-state index is 0.0154. The Morgan fingerprint density at radius 1 is 1.24 bits per heavy atom. The third-order valence-corrected chi connectivity index (χ3v) is 6.19. The summed E-state index contributed by atoms with van der Waals surface area (Å²) in [6.45, 7) is 8.45. The Bertz CT molecular complexity index is 1120. The molecule has 1 atom stereocenters. The summed E-state index contributed by atoms with van der Waals surface area (Å²) in [5, 5.41) is 6.96. The molecule has 1 unspecified atom stereocenters. The molecular formula is C25H28ClFN4O2. The molecule has 174 valence electrons. The third kappa shape index (κ3) is 5.78. The first-order valence-electron chi connectivity index (χ1n) is 11.1. The van der Waals surface area contributed by atoms with Gasteiger partial charge in [0.1, 0.15) is 5.82 Å². The lowest BCUT2D eigenvalue weighted by atomic mass is 9.87. The van der Waals surface area contributed by atoms with Crippen molar-refractivity contribution in [2.24, 2.45) is 5.92 Å². The lowest BCUT2D eigenvalue weighted by Gasteiger charge is -2.30. The first-order valence-corrected chi connectivity index (χ1v) is 11.5. The van der Waals surface area contributed by atoms with Crippen molar-refractivity contribution in [1.82, 2.24) is 15.0 Å². The largest absolute Gasteiger partial charge is 0.338 e. The topological polar surface area (TPSA) is 71.3 Å². The van der Waals surface area contributed by atoms with Gasteiger partial charge in [-0.25, -0.2) is 4.39 Å². The zero-order valence-electron chi connectivity index (χ0n) is 19.1. The van der Waals surface area contributed by atoms with Gasteiger partial charge in [0.05, 0.1) is 17.5 Å². The van der Waals surface area contributed by atoms with Crippen LogP contribution in [0.3, 0.4) is 0 Å². The maximum atomic E-state index is 13.4. The van der Waals surface area contributed by atoms with Gasteiger partial charge in [0.2, 0.25) is 17.6 Å². The number of aromatic nitrogens is 2. The average molecular weight is 471 g/mol. The predicted octanol–water partition coefficient (Wildman–Crippen LogP) is 5.68. The molecule has 1 aliphatic rings. The van der Waals surface area contributed by atoms with E-state index in [0.717, 1.165) is 24.9 Å². The molecule has 1 N–H and O–H groups in total. The van der Waals surface area contributed by atoms with Crippen molar-refractivity contribution in [2.45, 2.75) is 45.6 Å². The molecule has 1 aromatic heterocycles. The Morgan fingerprint density at radius 2 is 2.00 bits per heavy atom. The standard InChI is InChI=1S/C25H28ClFN4O2/c1-25(2,3)18-8-6-16(7-9-18)23-29-22(33-30-23)15-31-12-4-5-17(14-31)24(32)28-19-10-11-21(27)20(26)13-19/h6-11,13,17H,4-5,12,14-15H2,1-3H3,(H,28,32). The number of carbonyl (C=O) groups excluding carboxylic acids is 1. The minimum atomic E-state index is -0.512. The van der Waals surface area contributed by atoms with Gasteiger partial charge in [0, 0.05) is 17.8 Å². The molecule has 3 aromatic rings. The van der Waals surface area contributed by atoms with Crippen LogP contribution in [0.25, 0.3) is 11.4 Å². The van der Waals surface area contributed by atoms with E-state index in [1.165, 1.54) is 23.8 Å². The van der Waals surface area contributed by atoms with Crippen LogP contribution in [0.5, 0.6) is 0 Å². The monoisotopic (exact) mass is 470 g/mol. The lowest BCUT2D eigenvalue weighted by molar-refractivity contribution is -0.121. The summed E-state index contributed by atoms with van der Waals surface area (Å²) in [6, 6.07) is 12.4. The molecule has 4 rings (SSSR count). The zero-order chi connectivity index (χ0) is 23.6. The second-order valence-electron chi connectivity index (χ2n) is 9.53. The molecule has 2 aromatic carbocycles. The van der Waals surface area contributed by atoms with Crippen LogP contribution in [0.4, 0.5) is 10.1 Å². The highest BCUT2D eigenvalue weighted by atomic mass is 35.5. The van der Waals surface area contributed by atoms with Crippen LogP contribution in [0.2, 0.25) is 5.02 Å². The van der Waals surface area contributed by atoms with Gasteiger partial charge in [-0.2, -0.15) is 4.98 Å². The predicted molar refractivity (Wildman–Crippen MR) is 126 cm³/mol. The Kier molecular flexibility index (Phi) is 6.81. The second kappa shape index (κ2) is 9.61. The van der Waals surface area contributed by atoms with Gasteiger partial charge in [-0.1, -0.05) is 61.8 Å². The number of halogens is 2. The second-order valence-corrected chi connectivity index (χ2v) is 9.94. The van der Waals surface area contributed by atoms with E-state index < -0.39 is 5.82 Å². The molecule has 1 saturated heterocycles. The molecule has 1 amide bonds. The number of benzene rings is 2. The van der Waals surface area contributed by atoms with Crippen LogP contribution in [0.15, 0.2) is 47.0 Å². The summed E-state index contributed by atoms with van der Waals surface area (Å²) in [6.07, 6.45) is 1.67. The van der Waals surface area contributed by atoms with E-state index in [-0.39, 0.29) is 22.3 Å². The number of likely N-dealkylation sites (tertiary alicyclic amines) is 1. The smallest absolute Gasteiger partial charge is 0.241 e. The van der Waals surface area contributed by atoms with Crippen LogP contribution >= 0.6 is 11.6 Å². The number of amides is 1. The SMILES string of the molecule is CC(C)(C)c1ccc(-c2noc(CN3CCCC(C(=O)Nc4ccc(F)c(Cl)c4)C3)n2)cc1. The molecule has 0 saturated carbocycles. The van der Waals surface area contributed by atoms with E-state index in [2.05, 4.69) is 53.3 Å². The highest BCUT2D eigenvalue weighted by Gasteiger charge is 2.27. The van der Waals surface area contributed by atoms with Crippen molar-refractivity contribution in [2.75, 3.05) is 18.4 Å². The number of anilines is 1. The zero-order valence-corrected chi connectivity index (χ0v) is 19.8. The third-order valence-electron chi connectivity index (χ3n) is 5.90. The highest BCUT2D eigenvalue weighted by Crippen LogP contribution is 2.26. The van der Waals surface area contributed by atoms with E-state index in [9.17, 15) is 9.18 Å². The number of nitrogens with one attached hydrogen (secondary N) is 1. The van der Waals surface area contributed by atoms with E-state index in [1.807, 2.05) is 12.1 Å². The van der Waals surface area contributed by atoms with Crippen LogP contribution in [-0.4, -0.2) is 34.0 Å². The number of rotatable bonds is 5. The highest BCUT2D eigenvalue weighted by molar-refractivity contribution is 6.31. The summed E-state index contributed by atoms with van der Waals surface area (Å²) in [5.74, 6) is 0.284. The van der Waals surface area contributed by atoms with E-state index in [1.54, 1.807) is 0 Å². The fourth-order valence-electron chi connectivity index (χ4n) is 3.98. The van der Waals surface area contributed by atoms with E-state index in [0.29, 0.717) is 30.5 Å². The van der Waals surface area contributed by atoms with Crippen LogP contribution < -0.4 is 5.32 Å². The van der Waals surface area contributed by atoms with Gasteiger partial charge in [0.15, 0.2) is 0 Å². The Balaban J connectivity index is 1.36. The van der Waals surface area contributed by atoms with Crippen LogP contribution in [-0.2, 0) is 16.8 Å². The Morgan fingerprint density at radius 3 is 2.70 bits per heavy atom. The number of piperidine rings is 1. The van der Waals surface area contributed by atoms with Gasteiger partial charge in [-0.05, 0) is 48.6 Å². The molecule has 8 heteroatoms. The normalized spacial score (nSPS) is 17.2. The van der Waals surface area contributed by atoms with Crippen molar-refractivity contribution in [3.05, 3.63) is 64.8 Å². The Hall–Kier alpha value is -2.77. The number of nitrogens with zero attached hydrogens (tertiary/aromatic N) is 3. The van der Waals surface area contributed by atoms with E-state index >= 15 is 0 Å². The number of carbonyl (C=O) groups is 1. The summed E-state index contributed by atoms with van der Waals surface area (Å²) in [7, 11) is 0. The van der Waals surface area contributed by atoms with Gasteiger partial charge >= 0.3 is 0 Å². The fraction of sp³-hybridized carbons (Fsp3) is 0.400. The van der Waals surface area contributed by atoms with Crippen molar-refractivity contribution in [3.8, 4) is 11.4 Å². The van der Waals surface area contributed by atoms with Crippen molar-refractivity contribution in [3.63, 3.8) is 0 Å². The lowest BCUT2D eigenvalue weighted by Crippen LogP contribution is -2.40. The number of hydrogen-bond donors (Lipinski definition) is 1. The van der Waals surface area contributed by atoms with Crippen LogP contribution in [0, 0.1) is 11.7 Å². The molecule has 0 aliphatic carbocycles. The molecule has 33 heavy (non-hydrogen) atoms. The first kappa shape index (κ1) is 23.4. The van der Waals surface area contributed by atoms with Gasteiger partial charge in [-0.15, -0.1) is 0 Å². The molecule has 0 radical (unpaired) electrons. The van der Waals surface area contributed by atoms with Gasteiger partial charge < -0.3 is 9.84 Å². The van der Waals surface area contributed by atoms with Crippen molar-refractivity contribution >= 4 is 23.2 Å². The molecule has 6 nitrogen and oxygen atoms in total. The average Bonchev–Trinajstić information content (AvgIpc) is 3.24. The van der Waals surface area contributed by atoms with Gasteiger partial charge in [0.25, 0.3) is 0 Å². The van der Waals surface area contributed by atoms with Gasteiger partial charge in [-0.3, -0.25) is 9.69 Å².